The number of nitrogens with two attached hydrogens (primary N) is 1. The normalized spacial score (nSPS) is 11.7. The molecular weight excluding hydrogens is 532 g/mol. The average Bonchev–Trinajstić information content (AvgIpc) is 3.27. The number of amides is 3. The van der Waals surface area contributed by atoms with Crippen LogP contribution in [0.4, 0.5) is 39.7 Å². The number of nitrogen functional groups attached to an aromatic ring is 1. The van der Waals surface area contributed by atoms with Crippen LogP contribution in [-0.4, -0.2) is 55.7 Å². The molecule has 0 saturated carbocycles. The Morgan fingerprint density at radius 1 is 1.18 bits per heavy atom. The highest BCUT2D eigenvalue weighted by Crippen LogP contribution is 2.35. The summed E-state index contributed by atoms with van der Waals surface area (Å²) in [4.78, 5) is 34.5. The number of nitrogens with zero attached hydrogens (tertiary/aromatic N) is 5. The maximum atomic E-state index is 15.2. The molecule has 0 radical (unpaired) electrons. The number of anilines is 3. The fourth-order valence-corrected chi connectivity index (χ4v) is 3.98. The number of pyridine rings is 1. The Hall–Kier alpha value is -5.01. The summed E-state index contributed by atoms with van der Waals surface area (Å²) in [6, 6.07) is 7.91. The van der Waals surface area contributed by atoms with Crippen LogP contribution in [0, 0.1) is 12.7 Å². The van der Waals surface area contributed by atoms with E-state index in [2.05, 4.69) is 25.7 Å². The third-order valence-electron chi connectivity index (χ3n) is 5.69. The lowest BCUT2D eigenvalue weighted by Crippen LogP contribution is -2.39. The molecule has 0 saturated heterocycles. The molecule has 3 aromatic heterocycles. The number of aromatic nitrogens is 4. The van der Waals surface area contributed by atoms with Crippen LogP contribution in [0.3, 0.4) is 0 Å². The highest BCUT2D eigenvalue weighted by Gasteiger charge is 2.34. The van der Waals surface area contributed by atoms with Gasteiger partial charge in [0.2, 0.25) is 0 Å². The molecule has 14 heteroatoms. The second-order valence-corrected chi connectivity index (χ2v) is 8.66. The largest absolute Gasteiger partial charge is 0.406 e. The van der Waals surface area contributed by atoms with E-state index >= 15 is 4.39 Å². The van der Waals surface area contributed by atoms with Gasteiger partial charge < -0.3 is 16.0 Å². The summed E-state index contributed by atoms with van der Waals surface area (Å²) >= 11 is 0. The minimum absolute atomic E-state index is 0.0367. The first-order chi connectivity index (χ1) is 19.0. The number of fused-ring (bicyclic) bond motifs is 1. The van der Waals surface area contributed by atoms with E-state index in [4.69, 9.17) is 5.73 Å². The summed E-state index contributed by atoms with van der Waals surface area (Å²) in [7, 11) is 0. The van der Waals surface area contributed by atoms with E-state index in [-0.39, 0.29) is 46.1 Å². The van der Waals surface area contributed by atoms with Crippen molar-refractivity contribution < 1.29 is 27.2 Å². The summed E-state index contributed by atoms with van der Waals surface area (Å²) in [6.45, 7) is 1.53. The Labute approximate surface area is 225 Å². The first-order valence-corrected chi connectivity index (χ1v) is 11.9. The van der Waals surface area contributed by atoms with Crippen LogP contribution in [0.25, 0.3) is 16.6 Å². The van der Waals surface area contributed by atoms with Crippen molar-refractivity contribution in [2.24, 2.45) is 0 Å². The molecule has 3 heterocycles. The van der Waals surface area contributed by atoms with Gasteiger partial charge in [-0.1, -0.05) is 24.3 Å². The summed E-state index contributed by atoms with van der Waals surface area (Å²) in [6.07, 6.45) is 0.594. The van der Waals surface area contributed by atoms with E-state index in [9.17, 15) is 22.8 Å². The van der Waals surface area contributed by atoms with Crippen LogP contribution in [0.2, 0.25) is 0 Å². The number of carbonyl (C=O) groups excluding carboxylic acids is 2. The SMILES string of the molecule is C/C=C/CN(CC(F)(F)F)C(=O)c1cn2ncnc(N)c2c1-c1ccc(NC(=O)Nc2cccc(C)n2)c(F)c1. The molecular formula is C26H24F4N8O2. The number of nitrogens with one attached hydrogen (secondary N) is 2. The van der Waals surface area contributed by atoms with Crippen molar-refractivity contribution in [3.05, 3.63) is 78.1 Å². The van der Waals surface area contributed by atoms with Crippen molar-refractivity contribution in [2.75, 3.05) is 29.5 Å². The Morgan fingerprint density at radius 2 is 1.95 bits per heavy atom. The lowest BCUT2D eigenvalue weighted by molar-refractivity contribution is -0.139. The van der Waals surface area contributed by atoms with Crippen LogP contribution in [0.15, 0.2) is 61.1 Å². The van der Waals surface area contributed by atoms with Gasteiger partial charge in [-0.05, 0) is 43.7 Å². The Balaban J connectivity index is 1.72. The van der Waals surface area contributed by atoms with E-state index in [1.807, 2.05) is 0 Å². The van der Waals surface area contributed by atoms with Crippen LogP contribution in [0.1, 0.15) is 23.0 Å². The van der Waals surface area contributed by atoms with Gasteiger partial charge in [0.05, 0.1) is 11.3 Å². The fourth-order valence-electron chi connectivity index (χ4n) is 3.98. The van der Waals surface area contributed by atoms with Crippen molar-refractivity contribution in [2.45, 2.75) is 20.0 Å². The van der Waals surface area contributed by atoms with Gasteiger partial charge in [0, 0.05) is 24.0 Å². The topological polar surface area (TPSA) is 131 Å². The van der Waals surface area contributed by atoms with E-state index in [1.54, 1.807) is 32.0 Å². The minimum Gasteiger partial charge on any atom is -0.382 e. The molecule has 0 aliphatic heterocycles. The number of benzene rings is 1. The number of carbonyl (C=O) groups is 2. The second-order valence-electron chi connectivity index (χ2n) is 8.66. The summed E-state index contributed by atoms with van der Waals surface area (Å²) in [5.41, 5.74) is 6.56. The first kappa shape index (κ1) is 28.0. The van der Waals surface area contributed by atoms with E-state index in [0.29, 0.717) is 10.6 Å². The van der Waals surface area contributed by atoms with Gasteiger partial charge in [-0.3, -0.25) is 10.1 Å². The zero-order valence-electron chi connectivity index (χ0n) is 21.3. The number of urea groups is 1. The molecule has 0 unspecified atom stereocenters. The molecule has 0 aliphatic carbocycles. The Kier molecular flexibility index (Phi) is 7.98. The van der Waals surface area contributed by atoms with Crippen LogP contribution in [-0.2, 0) is 0 Å². The number of alkyl halides is 3. The number of allylic oxidation sites excluding steroid dienone is 1. The number of hydrogen-bond acceptors (Lipinski definition) is 6. The molecule has 4 aromatic rings. The highest BCUT2D eigenvalue weighted by molar-refractivity contribution is 6.07. The molecule has 1 aromatic carbocycles. The molecule has 0 fully saturated rings. The van der Waals surface area contributed by atoms with Crippen LogP contribution in [0.5, 0.6) is 0 Å². The summed E-state index contributed by atoms with van der Waals surface area (Å²) in [5, 5.41) is 8.87. The molecule has 0 atom stereocenters. The maximum absolute atomic E-state index is 15.2. The van der Waals surface area contributed by atoms with Gasteiger partial charge in [0.25, 0.3) is 5.91 Å². The zero-order valence-corrected chi connectivity index (χ0v) is 21.3. The van der Waals surface area contributed by atoms with Crippen LogP contribution < -0.4 is 16.4 Å². The molecule has 0 aliphatic rings. The standard InChI is InChI=1S/C26H24F4N8O2/c1-3-4-10-37(13-26(28,29)30)24(39)17-12-38-22(23(31)32-14-33-38)21(17)16-8-9-19(18(27)11-16)35-25(40)36-20-7-5-6-15(2)34-20/h3-9,11-12,14H,10,13H2,1-2H3,(H2,31,32,33)(H2,34,35,36,40)/b4-3+. The van der Waals surface area contributed by atoms with Gasteiger partial charge in [-0.2, -0.15) is 18.3 Å². The smallest absolute Gasteiger partial charge is 0.382 e. The molecule has 4 N–H and O–H groups in total. The summed E-state index contributed by atoms with van der Waals surface area (Å²) in [5.74, 6) is -1.66. The molecule has 40 heavy (non-hydrogen) atoms. The first-order valence-electron chi connectivity index (χ1n) is 11.9. The van der Waals surface area contributed by atoms with E-state index in [0.717, 1.165) is 12.4 Å². The third kappa shape index (κ3) is 6.34. The number of rotatable bonds is 7. The van der Waals surface area contributed by atoms with Crippen molar-refractivity contribution >= 4 is 34.8 Å². The van der Waals surface area contributed by atoms with Crippen molar-refractivity contribution in [3.8, 4) is 11.1 Å². The lowest BCUT2D eigenvalue weighted by atomic mass is 10.0. The van der Waals surface area contributed by atoms with Crippen molar-refractivity contribution in [3.63, 3.8) is 0 Å². The van der Waals surface area contributed by atoms with Crippen LogP contribution >= 0.6 is 0 Å². The van der Waals surface area contributed by atoms with Gasteiger partial charge >= 0.3 is 12.2 Å². The molecule has 3 amide bonds. The number of halogens is 4. The monoisotopic (exact) mass is 556 g/mol. The van der Waals surface area contributed by atoms with E-state index in [1.165, 1.54) is 35.0 Å². The van der Waals surface area contributed by atoms with E-state index < -0.39 is 30.5 Å². The zero-order chi connectivity index (χ0) is 29.0. The summed E-state index contributed by atoms with van der Waals surface area (Å²) < 4.78 is 56.3. The second kappa shape index (κ2) is 11.4. The lowest BCUT2D eigenvalue weighted by Gasteiger charge is -2.23. The number of hydrogen-bond donors (Lipinski definition) is 3. The molecule has 10 nitrogen and oxygen atoms in total. The molecule has 0 bridgehead atoms. The molecule has 208 valence electrons. The van der Waals surface area contributed by atoms with Gasteiger partial charge in [-0.25, -0.2) is 23.7 Å². The van der Waals surface area contributed by atoms with Gasteiger partial charge in [0.1, 0.15) is 30.0 Å². The Morgan fingerprint density at radius 3 is 2.62 bits per heavy atom. The average molecular weight is 557 g/mol. The Bertz CT molecular complexity index is 1600. The van der Waals surface area contributed by atoms with Gasteiger partial charge in [-0.15, -0.1) is 0 Å². The minimum atomic E-state index is -4.66. The third-order valence-corrected chi connectivity index (χ3v) is 5.69. The maximum Gasteiger partial charge on any atom is 0.406 e. The molecule has 4 rings (SSSR count). The number of aryl methyl sites for hydroxylation is 1. The predicted octanol–water partition coefficient (Wildman–Crippen LogP) is 5.05. The quantitative estimate of drug-likeness (QED) is 0.216. The van der Waals surface area contributed by atoms with Crippen molar-refractivity contribution in [1.29, 1.82) is 0 Å². The molecule has 0 spiro atoms. The van der Waals surface area contributed by atoms with Gasteiger partial charge in [0.15, 0.2) is 5.82 Å². The predicted molar refractivity (Wildman–Crippen MR) is 141 cm³/mol. The fraction of sp³-hybridized carbons (Fsp3) is 0.192. The highest BCUT2D eigenvalue weighted by atomic mass is 19.4. The van der Waals surface area contributed by atoms with Crippen molar-refractivity contribution in [1.82, 2.24) is 24.5 Å².